The Labute approximate surface area is 192 Å². The van der Waals surface area contributed by atoms with E-state index in [-0.39, 0.29) is 17.8 Å². The van der Waals surface area contributed by atoms with Gasteiger partial charge in [-0.05, 0) is 60.5 Å². The fraction of sp³-hybridized carbons (Fsp3) is 0.160. The summed E-state index contributed by atoms with van der Waals surface area (Å²) in [6, 6.07) is 13.8. The van der Waals surface area contributed by atoms with Gasteiger partial charge in [0.15, 0.2) is 11.6 Å². The zero-order valence-corrected chi connectivity index (χ0v) is 17.7. The molecule has 34 heavy (non-hydrogen) atoms. The second-order valence-electron chi connectivity index (χ2n) is 8.07. The minimum atomic E-state index is -1.08. The number of phenolic OH excluding ortho intramolecular Hbond substituents is 1. The minimum Gasteiger partial charge on any atom is -0.504 e. The molecule has 1 saturated heterocycles. The highest BCUT2D eigenvalue weighted by Gasteiger charge is 2.57. The van der Waals surface area contributed by atoms with Gasteiger partial charge in [-0.15, -0.1) is 0 Å². The first-order valence-corrected chi connectivity index (χ1v) is 10.6. The Balaban J connectivity index is 1.52. The van der Waals surface area contributed by atoms with Crippen molar-refractivity contribution in [2.45, 2.75) is 12.5 Å². The molecule has 172 valence electrons. The number of hydrazone groups is 1. The number of nitrogens with zero attached hydrogens (tertiary/aromatic N) is 3. The second-order valence-corrected chi connectivity index (χ2v) is 8.07. The Morgan fingerprint density at radius 2 is 1.50 bits per heavy atom. The molecule has 2 aliphatic heterocycles. The van der Waals surface area contributed by atoms with E-state index < -0.39 is 47.0 Å². The van der Waals surface area contributed by atoms with Gasteiger partial charge < -0.3 is 5.11 Å². The summed E-state index contributed by atoms with van der Waals surface area (Å²) in [5.41, 5.74) is 1.16. The number of benzene rings is 3. The van der Waals surface area contributed by atoms with E-state index in [9.17, 15) is 27.9 Å². The topological polar surface area (TPSA) is 73.2 Å². The van der Waals surface area contributed by atoms with E-state index in [1.807, 2.05) is 0 Å². The lowest BCUT2D eigenvalue weighted by Gasteiger charge is -2.22. The predicted molar refractivity (Wildman–Crippen MR) is 118 cm³/mol. The lowest BCUT2D eigenvalue weighted by molar-refractivity contribution is -0.139. The SMILES string of the molecule is O=C1C2C(c3cccc(F)c3O)=NN(c3ccc(F)cc3)C2C(=O)N1CCc1ccc(F)cc1. The van der Waals surface area contributed by atoms with Crippen molar-refractivity contribution < 1.29 is 27.9 Å². The summed E-state index contributed by atoms with van der Waals surface area (Å²) in [5, 5.41) is 16.0. The standard InChI is InChI=1S/C25H18F3N3O3/c26-15-6-4-14(5-7-15)12-13-30-24(33)20-21(18-2-1-3-19(28)23(18)32)29-31(22(20)25(30)34)17-10-8-16(27)9-11-17/h1-11,20,22,32H,12-13H2. The first-order valence-electron chi connectivity index (χ1n) is 10.6. The number of likely N-dealkylation sites (tertiary alicyclic amines) is 1. The number of hydrogen-bond acceptors (Lipinski definition) is 5. The van der Waals surface area contributed by atoms with Crippen LogP contribution in [-0.4, -0.2) is 40.1 Å². The number of aromatic hydroxyl groups is 1. The van der Waals surface area contributed by atoms with Gasteiger partial charge in [-0.3, -0.25) is 19.5 Å². The molecule has 0 spiro atoms. The van der Waals surface area contributed by atoms with Gasteiger partial charge in [0.2, 0.25) is 5.91 Å². The van der Waals surface area contributed by atoms with Crippen molar-refractivity contribution in [2.75, 3.05) is 11.6 Å². The Morgan fingerprint density at radius 3 is 2.18 bits per heavy atom. The molecule has 1 N–H and O–H groups in total. The van der Waals surface area contributed by atoms with Crippen LogP contribution in [0, 0.1) is 23.4 Å². The van der Waals surface area contributed by atoms with Crippen molar-refractivity contribution in [3.63, 3.8) is 0 Å². The summed E-state index contributed by atoms with van der Waals surface area (Å²) < 4.78 is 40.8. The van der Waals surface area contributed by atoms with Crippen LogP contribution in [0.2, 0.25) is 0 Å². The van der Waals surface area contributed by atoms with E-state index in [1.165, 1.54) is 53.5 Å². The molecular weight excluding hydrogens is 447 g/mol. The maximum atomic E-state index is 14.1. The molecule has 0 aliphatic carbocycles. The molecule has 9 heteroatoms. The van der Waals surface area contributed by atoms with Gasteiger partial charge in [-0.1, -0.05) is 18.2 Å². The van der Waals surface area contributed by atoms with E-state index in [2.05, 4.69) is 5.10 Å². The molecule has 2 heterocycles. The van der Waals surface area contributed by atoms with Crippen molar-refractivity contribution in [1.29, 1.82) is 0 Å². The molecule has 2 atom stereocenters. The summed E-state index contributed by atoms with van der Waals surface area (Å²) in [4.78, 5) is 27.9. The number of fused-ring (bicyclic) bond motifs is 1. The minimum absolute atomic E-state index is 0.00106. The van der Waals surface area contributed by atoms with Crippen LogP contribution >= 0.6 is 0 Å². The number of phenols is 1. The van der Waals surface area contributed by atoms with Gasteiger partial charge in [0.05, 0.1) is 11.4 Å². The van der Waals surface area contributed by atoms with Crippen LogP contribution in [0.4, 0.5) is 18.9 Å². The van der Waals surface area contributed by atoms with Crippen molar-refractivity contribution >= 4 is 23.2 Å². The van der Waals surface area contributed by atoms with Crippen LogP contribution in [0.25, 0.3) is 0 Å². The van der Waals surface area contributed by atoms with Crippen LogP contribution < -0.4 is 5.01 Å². The van der Waals surface area contributed by atoms with Crippen molar-refractivity contribution in [3.05, 3.63) is 95.3 Å². The van der Waals surface area contributed by atoms with Crippen LogP contribution in [0.1, 0.15) is 11.1 Å². The van der Waals surface area contributed by atoms with Crippen LogP contribution in [-0.2, 0) is 16.0 Å². The van der Waals surface area contributed by atoms with Gasteiger partial charge in [0, 0.05) is 12.1 Å². The number of imide groups is 1. The highest BCUT2D eigenvalue weighted by Crippen LogP contribution is 2.39. The monoisotopic (exact) mass is 465 g/mol. The van der Waals surface area contributed by atoms with Crippen molar-refractivity contribution in [3.8, 4) is 5.75 Å². The number of rotatable bonds is 5. The van der Waals surface area contributed by atoms with E-state index in [0.29, 0.717) is 12.1 Å². The number of anilines is 1. The summed E-state index contributed by atoms with van der Waals surface area (Å²) in [7, 11) is 0. The lowest BCUT2D eigenvalue weighted by atomic mass is 9.92. The van der Waals surface area contributed by atoms with Crippen LogP contribution in [0.15, 0.2) is 71.8 Å². The van der Waals surface area contributed by atoms with E-state index in [1.54, 1.807) is 12.1 Å². The highest BCUT2D eigenvalue weighted by atomic mass is 19.1. The smallest absolute Gasteiger partial charge is 0.255 e. The maximum absolute atomic E-state index is 14.1. The molecule has 0 saturated carbocycles. The van der Waals surface area contributed by atoms with Gasteiger partial charge in [0.25, 0.3) is 5.91 Å². The van der Waals surface area contributed by atoms with Gasteiger partial charge in [-0.2, -0.15) is 5.10 Å². The predicted octanol–water partition coefficient (Wildman–Crippen LogP) is 3.63. The number of halogens is 3. The molecule has 1 fully saturated rings. The molecule has 6 nitrogen and oxygen atoms in total. The van der Waals surface area contributed by atoms with E-state index >= 15 is 0 Å². The van der Waals surface area contributed by atoms with Gasteiger partial charge in [0.1, 0.15) is 23.6 Å². The van der Waals surface area contributed by atoms with Gasteiger partial charge in [-0.25, -0.2) is 13.2 Å². The van der Waals surface area contributed by atoms with E-state index in [0.717, 1.165) is 16.5 Å². The number of amides is 2. The molecule has 2 unspecified atom stereocenters. The Bertz CT molecular complexity index is 1310. The zero-order chi connectivity index (χ0) is 24.0. The highest BCUT2D eigenvalue weighted by molar-refractivity contribution is 6.26. The summed E-state index contributed by atoms with van der Waals surface area (Å²) in [6.07, 6.45) is 0.311. The average Bonchev–Trinajstić information content (AvgIpc) is 3.33. The third kappa shape index (κ3) is 3.59. The number of carbonyl (C=O) groups is 2. The molecule has 3 aromatic rings. The quantitative estimate of drug-likeness (QED) is 0.585. The number of hydrogen-bond donors (Lipinski definition) is 1. The summed E-state index contributed by atoms with van der Waals surface area (Å²) in [6.45, 7) is 0.0516. The van der Waals surface area contributed by atoms with Crippen molar-refractivity contribution in [2.24, 2.45) is 11.0 Å². The molecular formula is C25H18F3N3O3. The van der Waals surface area contributed by atoms with Crippen LogP contribution in [0.3, 0.4) is 0 Å². The molecule has 0 aromatic heterocycles. The van der Waals surface area contributed by atoms with E-state index in [4.69, 9.17) is 0 Å². The normalized spacial score (nSPS) is 19.6. The first kappa shape index (κ1) is 21.7. The number of carbonyl (C=O) groups excluding carboxylic acids is 2. The Kier molecular flexibility index (Phi) is 5.31. The Morgan fingerprint density at radius 1 is 0.853 bits per heavy atom. The number of para-hydroxylation sites is 1. The van der Waals surface area contributed by atoms with Crippen LogP contribution in [0.5, 0.6) is 5.75 Å². The molecule has 2 amide bonds. The van der Waals surface area contributed by atoms with Gasteiger partial charge >= 0.3 is 0 Å². The third-order valence-electron chi connectivity index (χ3n) is 6.03. The Hall–Kier alpha value is -4.14. The molecule has 3 aromatic carbocycles. The maximum Gasteiger partial charge on any atom is 0.255 e. The first-order chi connectivity index (χ1) is 16.3. The second kappa shape index (κ2) is 8.33. The fourth-order valence-corrected chi connectivity index (χ4v) is 4.33. The summed E-state index contributed by atoms with van der Waals surface area (Å²) >= 11 is 0. The molecule has 5 rings (SSSR count). The zero-order valence-electron chi connectivity index (χ0n) is 17.7. The third-order valence-corrected chi connectivity index (χ3v) is 6.03. The van der Waals surface area contributed by atoms with Crippen molar-refractivity contribution in [1.82, 2.24) is 4.90 Å². The summed E-state index contributed by atoms with van der Waals surface area (Å²) in [5.74, 6) is -4.58. The average molecular weight is 465 g/mol. The molecule has 0 radical (unpaired) electrons. The molecule has 0 bridgehead atoms. The largest absolute Gasteiger partial charge is 0.504 e. The fourth-order valence-electron chi connectivity index (χ4n) is 4.33. The lowest BCUT2D eigenvalue weighted by Crippen LogP contribution is -2.39. The molecule has 2 aliphatic rings.